The Hall–Kier alpha value is -0.990. The van der Waals surface area contributed by atoms with E-state index in [2.05, 4.69) is 0 Å². The van der Waals surface area contributed by atoms with Crippen molar-refractivity contribution in [2.75, 3.05) is 20.2 Å². The molecule has 0 aromatic heterocycles. The van der Waals surface area contributed by atoms with Gasteiger partial charge in [0, 0.05) is 20.0 Å². The largest absolute Gasteiger partial charge is 0.455 e. The minimum atomic E-state index is -1.10. The van der Waals surface area contributed by atoms with Crippen LogP contribution in [-0.2, 0) is 14.3 Å². The van der Waals surface area contributed by atoms with Crippen molar-refractivity contribution in [2.24, 2.45) is 5.41 Å². The van der Waals surface area contributed by atoms with Crippen LogP contribution in [0.25, 0.3) is 0 Å². The van der Waals surface area contributed by atoms with E-state index in [-0.39, 0.29) is 18.9 Å². The number of alkyl halides is 2. The number of esters is 1. The monoisotopic (exact) mass is 292 g/mol. The normalized spacial score (nSPS) is 23.9. The number of rotatable bonds is 5. The molecular weight excluding hydrogens is 279 g/mol. The molecule has 1 aliphatic carbocycles. The number of amides is 1. The van der Waals surface area contributed by atoms with E-state index in [0.29, 0.717) is 13.0 Å². The zero-order chi connectivity index (χ0) is 14.0. The first kappa shape index (κ1) is 15.1. The third-order valence-electron chi connectivity index (χ3n) is 3.02. The highest BCUT2D eigenvalue weighted by molar-refractivity contribution is 6.53. The predicted molar refractivity (Wildman–Crippen MR) is 66.0 cm³/mol. The lowest BCUT2D eigenvalue weighted by Gasteiger charge is -2.16. The maximum Gasteiger partial charge on any atom is 0.315 e. The number of carbonyl (C=O) groups excluding carboxylic acids is 2. The minimum absolute atomic E-state index is 0.236. The van der Waals surface area contributed by atoms with E-state index in [1.807, 2.05) is 6.07 Å². The average Bonchev–Trinajstić information content (AvgIpc) is 2.83. The van der Waals surface area contributed by atoms with E-state index < -0.39 is 15.7 Å². The lowest BCUT2D eigenvalue weighted by molar-refractivity contribution is -0.155. The number of ether oxygens (including phenoxy) is 1. The van der Waals surface area contributed by atoms with Crippen LogP contribution in [0.3, 0.4) is 0 Å². The Morgan fingerprint density at radius 1 is 1.50 bits per heavy atom. The van der Waals surface area contributed by atoms with E-state index in [1.54, 1.807) is 14.0 Å². The van der Waals surface area contributed by atoms with Crippen LogP contribution in [-0.4, -0.2) is 41.3 Å². The summed E-state index contributed by atoms with van der Waals surface area (Å²) in [7, 11) is 1.54. The van der Waals surface area contributed by atoms with E-state index in [0.717, 1.165) is 0 Å². The first-order valence-electron chi connectivity index (χ1n) is 5.40. The van der Waals surface area contributed by atoms with Crippen molar-refractivity contribution in [2.45, 2.75) is 24.1 Å². The summed E-state index contributed by atoms with van der Waals surface area (Å²) in [5, 5.41) is 8.38. The Morgan fingerprint density at radius 2 is 2.06 bits per heavy atom. The number of hydrogen-bond donors (Lipinski definition) is 0. The van der Waals surface area contributed by atoms with Gasteiger partial charge in [-0.2, -0.15) is 5.26 Å². The molecule has 1 unspecified atom stereocenters. The van der Waals surface area contributed by atoms with Crippen LogP contribution in [0.5, 0.6) is 0 Å². The van der Waals surface area contributed by atoms with E-state index in [9.17, 15) is 9.59 Å². The Kier molecular flexibility index (Phi) is 4.46. The van der Waals surface area contributed by atoms with Gasteiger partial charge in [-0.25, -0.2) is 0 Å². The number of halogens is 2. The van der Waals surface area contributed by atoms with Crippen LogP contribution in [0.4, 0.5) is 0 Å². The highest BCUT2D eigenvalue weighted by Crippen LogP contribution is 2.64. The van der Waals surface area contributed by atoms with E-state index in [4.69, 9.17) is 33.2 Å². The standard InChI is InChI=1S/C11H14Cl2N2O3/c1-10(7-11(10,12)13)9(17)18-6-8(16)15(2)5-3-4-14/h3,5-7H2,1-2H3. The van der Waals surface area contributed by atoms with E-state index >= 15 is 0 Å². The molecule has 0 aromatic rings. The minimum Gasteiger partial charge on any atom is -0.455 e. The number of hydrogen-bond acceptors (Lipinski definition) is 4. The van der Waals surface area contributed by atoms with Gasteiger partial charge in [0.25, 0.3) is 5.91 Å². The first-order valence-corrected chi connectivity index (χ1v) is 6.16. The fourth-order valence-electron chi connectivity index (χ4n) is 1.36. The molecule has 1 atom stereocenters. The van der Waals surface area contributed by atoms with Crippen LogP contribution < -0.4 is 0 Å². The maximum absolute atomic E-state index is 11.7. The summed E-state index contributed by atoms with van der Waals surface area (Å²) in [6.07, 6.45) is 0.556. The molecule has 1 saturated carbocycles. The molecule has 0 saturated heterocycles. The van der Waals surface area contributed by atoms with Crippen molar-refractivity contribution in [3.8, 4) is 6.07 Å². The third kappa shape index (κ3) is 3.06. The molecule has 0 spiro atoms. The molecule has 0 radical (unpaired) electrons. The topological polar surface area (TPSA) is 70.4 Å². The summed E-state index contributed by atoms with van der Waals surface area (Å²) in [5.74, 6) is -0.938. The average molecular weight is 293 g/mol. The summed E-state index contributed by atoms with van der Waals surface area (Å²) in [6, 6.07) is 1.93. The summed E-state index contributed by atoms with van der Waals surface area (Å²) in [5.41, 5.74) is -0.929. The van der Waals surface area contributed by atoms with Crippen molar-refractivity contribution < 1.29 is 14.3 Å². The molecule has 1 fully saturated rings. The van der Waals surface area contributed by atoms with Crippen LogP contribution in [0.1, 0.15) is 19.8 Å². The van der Waals surface area contributed by atoms with Gasteiger partial charge in [0.05, 0.1) is 12.5 Å². The molecule has 0 N–H and O–H groups in total. The maximum atomic E-state index is 11.7. The summed E-state index contributed by atoms with van der Waals surface area (Å²) >= 11 is 11.6. The van der Waals surface area contributed by atoms with Crippen molar-refractivity contribution in [1.82, 2.24) is 4.90 Å². The summed E-state index contributed by atoms with van der Waals surface area (Å²) < 4.78 is 3.79. The zero-order valence-electron chi connectivity index (χ0n) is 10.2. The van der Waals surface area contributed by atoms with Crippen molar-refractivity contribution in [3.05, 3.63) is 0 Å². The number of carbonyl (C=O) groups is 2. The van der Waals surface area contributed by atoms with Gasteiger partial charge in [-0.3, -0.25) is 9.59 Å². The van der Waals surface area contributed by atoms with Crippen molar-refractivity contribution in [1.29, 1.82) is 5.26 Å². The second-order valence-electron chi connectivity index (χ2n) is 4.51. The van der Waals surface area contributed by atoms with Crippen molar-refractivity contribution in [3.63, 3.8) is 0 Å². The van der Waals surface area contributed by atoms with Gasteiger partial charge < -0.3 is 9.64 Å². The number of likely N-dealkylation sites (N-methyl/N-ethyl adjacent to an activating group) is 1. The second kappa shape index (κ2) is 5.33. The Labute approximate surface area is 116 Å². The highest BCUT2D eigenvalue weighted by Gasteiger charge is 2.69. The molecule has 1 amide bonds. The van der Waals surface area contributed by atoms with Crippen LogP contribution in [0, 0.1) is 16.7 Å². The molecule has 0 aliphatic heterocycles. The predicted octanol–water partition coefficient (Wildman–Crippen LogP) is 1.49. The van der Waals surface area contributed by atoms with Gasteiger partial charge in [-0.1, -0.05) is 0 Å². The molecule has 100 valence electrons. The molecule has 18 heavy (non-hydrogen) atoms. The quantitative estimate of drug-likeness (QED) is 0.568. The lowest BCUT2D eigenvalue weighted by atomic mass is 10.1. The summed E-state index contributed by atoms with van der Waals surface area (Å²) in [4.78, 5) is 24.5. The molecular formula is C11H14Cl2N2O3. The highest BCUT2D eigenvalue weighted by atomic mass is 35.5. The van der Waals surface area contributed by atoms with Gasteiger partial charge in [0.1, 0.15) is 9.75 Å². The molecule has 0 heterocycles. The van der Waals surface area contributed by atoms with Crippen LogP contribution >= 0.6 is 23.2 Å². The van der Waals surface area contributed by atoms with Gasteiger partial charge in [0.2, 0.25) is 0 Å². The summed E-state index contributed by atoms with van der Waals surface area (Å²) in [6.45, 7) is 1.54. The fraction of sp³-hybridized carbons (Fsp3) is 0.727. The second-order valence-corrected chi connectivity index (χ2v) is 6.00. The SMILES string of the molecule is CN(CCC#N)C(=O)COC(=O)C1(C)CC1(Cl)Cl. The third-order valence-corrected chi connectivity index (χ3v) is 4.12. The van der Waals surface area contributed by atoms with Gasteiger partial charge in [-0.15, -0.1) is 23.2 Å². The first-order chi connectivity index (χ1) is 8.24. The van der Waals surface area contributed by atoms with Crippen molar-refractivity contribution >= 4 is 35.1 Å². The number of nitrogens with zero attached hydrogens (tertiary/aromatic N) is 2. The van der Waals surface area contributed by atoms with Crippen LogP contribution in [0.2, 0.25) is 0 Å². The van der Waals surface area contributed by atoms with Crippen LogP contribution in [0.15, 0.2) is 0 Å². The molecule has 0 bridgehead atoms. The zero-order valence-corrected chi connectivity index (χ0v) is 11.7. The fourth-order valence-corrected chi connectivity index (χ4v) is 2.05. The number of nitriles is 1. The Morgan fingerprint density at radius 3 is 2.50 bits per heavy atom. The Balaban J connectivity index is 2.36. The van der Waals surface area contributed by atoms with Gasteiger partial charge in [-0.05, 0) is 6.92 Å². The molecule has 7 heteroatoms. The molecule has 5 nitrogen and oxygen atoms in total. The molecule has 0 aromatic carbocycles. The molecule has 1 rings (SSSR count). The van der Waals surface area contributed by atoms with Gasteiger partial charge in [0.15, 0.2) is 6.61 Å². The van der Waals surface area contributed by atoms with E-state index in [1.165, 1.54) is 4.90 Å². The van der Waals surface area contributed by atoms with Gasteiger partial charge >= 0.3 is 5.97 Å². The lowest BCUT2D eigenvalue weighted by Crippen LogP contribution is -2.33. The molecule has 1 aliphatic rings. The smallest absolute Gasteiger partial charge is 0.315 e. The Bertz CT molecular complexity index is 406.